The molecule has 23 heavy (non-hydrogen) atoms. The van der Waals surface area contributed by atoms with Gasteiger partial charge >= 0.3 is 0 Å². The van der Waals surface area contributed by atoms with Crippen LogP contribution in [-0.4, -0.2) is 0 Å². The van der Waals surface area contributed by atoms with Crippen molar-refractivity contribution in [2.45, 2.75) is 109 Å². The smallest absolute Gasteiger partial charge is 0.0153 e. The van der Waals surface area contributed by atoms with E-state index < -0.39 is 0 Å². The quantitative estimate of drug-likeness (QED) is 0.343. The number of fused-ring (bicyclic) bond motifs is 1. The van der Waals surface area contributed by atoms with Crippen molar-refractivity contribution in [2.24, 2.45) is 0 Å². The van der Waals surface area contributed by atoms with Crippen molar-refractivity contribution in [3.63, 3.8) is 0 Å². The maximum Gasteiger partial charge on any atom is -0.0153 e. The van der Waals surface area contributed by atoms with Gasteiger partial charge in [-0.1, -0.05) is 102 Å². The maximum atomic E-state index is 2.42. The molecule has 0 heterocycles. The molecule has 0 heteroatoms. The SMILES string of the molecule is CCCCCCCC1CC(CCCCCCC)c2ccccc21. The first-order valence-electron chi connectivity index (χ1n) is 10.5. The Kier molecular flexibility index (Phi) is 8.79. The van der Waals surface area contributed by atoms with E-state index in [4.69, 9.17) is 0 Å². The third-order valence-electron chi connectivity index (χ3n) is 5.76. The van der Waals surface area contributed by atoms with E-state index in [0.29, 0.717) is 0 Å². The molecule has 0 radical (unpaired) electrons. The van der Waals surface area contributed by atoms with Crippen molar-refractivity contribution < 1.29 is 0 Å². The lowest BCUT2D eigenvalue weighted by atomic mass is 9.92. The van der Waals surface area contributed by atoms with Crippen LogP contribution in [0.3, 0.4) is 0 Å². The molecule has 0 aromatic heterocycles. The molecule has 0 saturated heterocycles. The monoisotopic (exact) mass is 314 g/mol. The number of rotatable bonds is 12. The van der Waals surface area contributed by atoms with Crippen LogP contribution < -0.4 is 0 Å². The highest BCUT2D eigenvalue weighted by Gasteiger charge is 2.29. The van der Waals surface area contributed by atoms with Crippen LogP contribution in [-0.2, 0) is 0 Å². The lowest BCUT2D eigenvalue weighted by Crippen LogP contribution is -1.95. The van der Waals surface area contributed by atoms with Gasteiger partial charge in [-0.2, -0.15) is 0 Å². The Hall–Kier alpha value is -0.780. The number of unbranched alkanes of at least 4 members (excludes halogenated alkanes) is 8. The van der Waals surface area contributed by atoms with E-state index in [-0.39, 0.29) is 0 Å². The van der Waals surface area contributed by atoms with Crippen LogP contribution in [0.25, 0.3) is 0 Å². The van der Waals surface area contributed by atoms with Crippen LogP contribution in [0.2, 0.25) is 0 Å². The molecular formula is C23H38. The molecule has 0 N–H and O–H groups in total. The van der Waals surface area contributed by atoms with Gasteiger partial charge in [0.25, 0.3) is 0 Å². The summed E-state index contributed by atoms with van der Waals surface area (Å²) in [5.74, 6) is 1.71. The zero-order valence-electron chi connectivity index (χ0n) is 15.7. The highest BCUT2D eigenvalue weighted by Crippen LogP contribution is 2.46. The molecule has 0 nitrogen and oxygen atoms in total. The summed E-state index contributed by atoms with van der Waals surface area (Å²) in [5, 5.41) is 0. The summed E-state index contributed by atoms with van der Waals surface area (Å²) >= 11 is 0. The molecule has 2 unspecified atom stereocenters. The summed E-state index contributed by atoms with van der Waals surface area (Å²) in [4.78, 5) is 0. The number of hydrogen-bond acceptors (Lipinski definition) is 0. The van der Waals surface area contributed by atoms with Gasteiger partial charge in [-0.25, -0.2) is 0 Å². The summed E-state index contributed by atoms with van der Waals surface area (Å²) < 4.78 is 0. The van der Waals surface area contributed by atoms with E-state index in [1.807, 2.05) is 0 Å². The molecule has 2 atom stereocenters. The summed E-state index contributed by atoms with van der Waals surface area (Å²) in [5.41, 5.74) is 3.39. The summed E-state index contributed by atoms with van der Waals surface area (Å²) in [6.07, 6.45) is 18.4. The minimum Gasteiger partial charge on any atom is -0.0654 e. The predicted molar refractivity (Wildman–Crippen MR) is 103 cm³/mol. The van der Waals surface area contributed by atoms with Crippen molar-refractivity contribution in [1.29, 1.82) is 0 Å². The van der Waals surface area contributed by atoms with E-state index in [0.717, 1.165) is 11.8 Å². The molecule has 0 saturated carbocycles. The van der Waals surface area contributed by atoms with Gasteiger partial charge < -0.3 is 0 Å². The Labute approximate surface area is 145 Å². The minimum atomic E-state index is 0.855. The minimum absolute atomic E-state index is 0.855. The van der Waals surface area contributed by atoms with Gasteiger partial charge in [0.15, 0.2) is 0 Å². The average Bonchev–Trinajstić information content (AvgIpc) is 2.93. The van der Waals surface area contributed by atoms with Crippen LogP contribution in [0.1, 0.15) is 120 Å². The zero-order chi connectivity index (χ0) is 16.3. The second-order valence-corrected chi connectivity index (χ2v) is 7.66. The summed E-state index contributed by atoms with van der Waals surface area (Å²) in [6, 6.07) is 9.35. The fraction of sp³-hybridized carbons (Fsp3) is 0.739. The molecule has 0 amide bonds. The molecule has 1 aliphatic rings. The molecule has 0 fully saturated rings. The Balaban J connectivity index is 1.79. The van der Waals surface area contributed by atoms with Gasteiger partial charge in [0.05, 0.1) is 0 Å². The molecule has 0 aliphatic heterocycles. The number of benzene rings is 1. The van der Waals surface area contributed by atoms with Crippen LogP contribution in [0.4, 0.5) is 0 Å². The van der Waals surface area contributed by atoms with Crippen LogP contribution >= 0.6 is 0 Å². The summed E-state index contributed by atoms with van der Waals surface area (Å²) in [6.45, 7) is 4.61. The van der Waals surface area contributed by atoms with Crippen LogP contribution in [0, 0.1) is 0 Å². The topological polar surface area (TPSA) is 0 Å². The van der Waals surface area contributed by atoms with E-state index in [2.05, 4.69) is 38.1 Å². The largest absolute Gasteiger partial charge is 0.0654 e. The predicted octanol–water partition coefficient (Wildman–Crippen LogP) is 7.98. The molecule has 130 valence electrons. The fourth-order valence-corrected chi connectivity index (χ4v) is 4.39. The first-order valence-corrected chi connectivity index (χ1v) is 10.5. The van der Waals surface area contributed by atoms with E-state index >= 15 is 0 Å². The number of hydrogen-bond donors (Lipinski definition) is 0. The van der Waals surface area contributed by atoms with Crippen LogP contribution in [0.5, 0.6) is 0 Å². The molecular weight excluding hydrogens is 276 g/mol. The van der Waals surface area contributed by atoms with Gasteiger partial charge in [-0.05, 0) is 42.2 Å². The first kappa shape index (κ1) is 18.6. The molecule has 1 aromatic rings. The Morgan fingerprint density at radius 3 is 1.52 bits per heavy atom. The highest BCUT2D eigenvalue weighted by atomic mass is 14.3. The van der Waals surface area contributed by atoms with Crippen molar-refractivity contribution in [3.05, 3.63) is 35.4 Å². The second kappa shape index (κ2) is 10.9. The molecule has 2 rings (SSSR count). The maximum absolute atomic E-state index is 2.42. The van der Waals surface area contributed by atoms with E-state index in [1.54, 1.807) is 11.1 Å². The van der Waals surface area contributed by atoms with Crippen molar-refractivity contribution in [1.82, 2.24) is 0 Å². The molecule has 1 aromatic carbocycles. The normalized spacial score (nSPS) is 19.9. The Morgan fingerprint density at radius 2 is 1.09 bits per heavy atom. The highest BCUT2D eigenvalue weighted by molar-refractivity contribution is 5.38. The lowest BCUT2D eigenvalue weighted by Gasteiger charge is -2.12. The Morgan fingerprint density at radius 1 is 0.652 bits per heavy atom. The molecule has 0 bridgehead atoms. The zero-order valence-corrected chi connectivity index (χ0v) is 15.7. The average molecular weight is 315 g/mol. The van der Waals surface area contributed by atoms with Crippen LogP contribution in [0.15, 0.2) is 24.3 Å². The van der Waals surface area contributed by atoms with Gasteiger partial charge in [-0.3, -0.25) is 0 Å². The van der Waals surface area contributed by atoms with E-state index in [1.165, 1.54) is 83.5 Å². The van der Waals surface area contributed by atoms with Gasteiger partial charge in [0, 0.05) is 0 Å². The van der Waals surface area contributed by atoms with Crippen molar-refractivity contribution in [2.75, 3.05) is 0 Å². The third kappa shape index (κ3) is 5.98. The fourth-order valence-electron chi connectivity index (χ4n) is 4.39. The third-order valence-corrected chi connectivity index (χ3v) is 5.76. The first-order chi connectivity index (χ1) is 11.4. The molecule has 1 aliphatic carbocycles. The van der Waals surface area contributed by atoms with Crippen molar-refractivity contribution in [3.8, 4) is 0 Å². The van der Waals surface area contributed by atoms with Gasteiger partial charge in [0.1, 0.15) is 0 Å². The van der Waals surface area contributed by atoms with Gasteiger partial charge in [-0.15, -0.1) is 0 Å². The lowest BCUT2D eigenvalue weighted by molar-refractivity contribution is 0.483. The Bertz CT molecular complexity index is 381. The second-order valence-electron chi connectivity index (χ2n) is 7.66. The summed E-state index contributed by atoms with van der Waals surface area (Å²) in [7, 11) is 0. The van der Waals surface area contributed by atoms with Crippen molar-refractivity contribution >= 4 is 0 Å². The van der Waals surface area contributed by atoms with Gasteiger partial charge in [0.2, 0.25) is 0 Å². The van der Waals surface area contributed by atoms with E-state index in [9.17, 15) is 0 Å². The molecule has 0 spiro atoms. The standard InChI is InChI=1S/C23H38/c1-3-5-7-9-11-15-20-19-21(16-12-10-8-6-4-2)23-18-14-13-17-22(20)23/h13-14,17-18,20-21H,3-12,15-16,19H2,1-2H3.